The van der Waals surface area contributed by atoms with Crippen molar-refractivity contribution in [3.63, 3.8) is 0 Å². The van der Waals surface area contributed by atoms with Crippen molar-refractivity contribution < 1.29 is 27.2 Å². The summed E-state index contributed by atoms with van der Waals surface area (Å²) in [6, 6.07) is 5.63. The van der Waals surface area contributed by atoms with Gasteiger partial charge in [-0.3, -0.25) is 9.59 Å². The van der Waals surface area contributed by atoms with E-state index in [4.69, 9.17) is 65.0 Å². The first-order valence-corrected chi connectivity index (χ1v) is 20.2. The lowest BCUT2D eigenvalue weighted by Gasteiger charge is -2.24. The lowest BCUT2D eigenvalue weighted by Crippen LogP contribution is -2.22. The zero-order chi connectivity index (χ0) is 29.7. The van der Waals surface area contributed by atoms with Crippen LogP contribution in [0.2, 0.25) is 0 Å². The zero-order valence-corrected chi connectivity index (χ0v) is 30.5. The van der Waals surface area contributed by atoms with Crippen LogP contribution in [-0.4, -0.2) is 37.4 Å². The minimum absolute atomic E-state index is 0.0811. The molecule has 212 valence electrons. The maximum absolute atomic E-state index is 13.0. The molecule has 2 aromatic rings. The highest BCUT2D eigenvalue weighted by Gasteiger charge is 2.32. The standard InChI is InChI=1S/C10H7Br2ClF2O.C10H6Br2F2O.CH2Cl2.Al.3ClH/c11-6(4-9(13)16)10(12)5-1-2-7(14)8(15)3-5;11-6-3-9(15)4-1-7(13)8(14)2-5(4)10(6)12;2-1-3;;;;/h1-3,6,10H,4H2;1-2,6,10H,3H2;1H2;;3*1H/q;;;+3;;;/p-3. The average Bonchev–Trinajstić information content (AvgIpc) is 2.80. The topological polar surface area (TPSA) is 34.1 Å². The van der Waals surface area contributed by atoms with Crippen LogP contribution in [0.4, 0.5) is 17.6 Å². The quantitative estimate of drug-likeness (QED) is 0.132. The fourth-order valence-corrected chi connectivity index (χ4v) is 5.33. The Morgan fingerprint density at radius 3 is 1.89 bits per heavy atom. The van der Waals surface area contributed by atoms with Crippen LogP contribution in [0.15, 0.2) is 30.3 Å². The first-order chi connectivity index (χ1) is 17.6. The van der Waals surface area contributed by atoms with Gasteiger partial charge < -0.3 is 0 Å². The number of hydrogen-bond acceptors (Lipinski definition) is 2. The van der Waals surface area contributed by atoms with Crippen LogP contribution in [0.25, 0.3) is 0 Å². The Hall–Kier alpha value is 1.69. The van der Waals surface area contributed by atoms with Crippen LogP contribution in [0.3, 0.4) is 0 Å². The van der Waals surface area contributed by atoms with Crippen LogP contribution in [0.5, 0.6) is 0 Å². The predicted octanol–water partition coefficient (Wildman–Crippen LogP) is 11.2. The summed E-state index contributed by atoms with van der Waals surface area (Å²) in [6.45, 7) is 0. The molecular weight excluding hydrogens is 920 g/mol. The number of fused-ring (bicyclic) bond motifs is 1. The number of ketones is 1. The summed E-state index contributed by atoms with van der Waals surface area (Å²) in [6.07, 6.45) is 0.379. The highest BCUT2D eigenvalue weighted by molar-refractivity contribution is 9.12. The zero-order valence-electron chi connectivity index (χ0n) is 18.5. The molecule has 0 spiro atoms. The summed E-state index contributed by atoms with van der Waals surface area (Å²) in [5, 5.41) is -0.297. The molecule has 2 aromatic carbocycles. The minimum Gasteiger partial charge on any atom is -0.294 e. The summed E-state index contributed by atoms with van der Waals surface area (Å²) >= 11 is 26.3. The van der Waals surface area contributed by atoms with Crippen molar-refractivity contribution in [3.8, 4) is 0 Å². The molecule has 0 saturated carbocycles. The molecule has 0 fully saturated rings. The highest BCUT2D eigenvalue weighted by Crippen LogP contribution is 2.40. The number of rotatable bonds is 4. The number of halogens is 14. The number of hydrogen-bond donors (Lipinski definition) is 0. The SMILES string of the molecule is ClCCl.O=C(Cl)CC(Br)C(Br)c1ccc(F)c(F)c1.O=C1CC(Br)C(Br)c2cc(F)c(F)cc21.[Cl][Al]([Cl])[Cl]. The predicted molar refractivity (Wildman–Crippen MR) is 166 cm³/mol. The summed E-state index contributed by atoms with van der Waals surface area (Å²) in [4.78, 5) is 21.4. The van der Waals surface area contributed by atoms with Crippen LogP contribution in [0, 0.1) is 23.3 Å². The smallest absolute Gasteiger partial charge is 0.294 e. The molecule has 0 radical (unpaired) electrons. The minimum atomic E-state index is -1.72. The molecule has 3 rings (SSSR count). The molecule has 38 heavy (non-hydrogen) atoms. The van der Waals surface area contributed by atoms with E-state index in [1.165, 1.54) is 6.07 Å². The van der Waals surface area contributed by atoms with E-state index in [9.17, 15) is 27.2 Å². The van der Waals surface area contributed by atoms with Crippen molar-refractivity contribution in [1.82, 2.24) is 0 Å². The van der Waals surface area contributed by atoms with Gasteiger partial charge in [0.05, 0.1) is 15.0 Å². The second-order valence-corrected chi connectivity index (χ2v) is 18.9. The normalized spacial score (nSPS) is 17.3. The van der Waals surface area contributed by atoms with Gasteiger partial charge in [-0.05, 0) is 47.0 Å². The molecule has 0 heterocycles. The van der Waals surface area contributed by atoms with Gasteiger partial charge in [0.15, 0.2) is 29.1 Å². The monoisotopic (exact) mass is 928 g/mol. The van der Waals surface area contributed by atoms with E-state index >= 15 is 0 Å². The number of benzene rings is 2. The van der Waals surface area contributed by atoms with Crippen molar-refractivity contribution in [2.45, 2.75) is 32.2 Å². The number of Topliss-reactive ketones (excluding diaryl/α,β-unsaturated/α-hetero) is 1. The lowest BCUT2D eigenvalue weighted by atomic mass is 9.90. The van der Waals surface area contributed by atoms with Gasteiger partial charge in [0, 0.05) is 28.1 Å². The van der Waals surface area contributed by atoms with E-state index in [1.54, 1.807) is 0 Å². The lowest BCUT2D eigenvalue weighted by molar-refractivity contribution is -0.111. The van der Waals surface area contributed by atoms with Gasteiger partial charge in [-0.15, -0.1) is 23.2 Å². The number of carbonyl (C=O) groups is 2. The average molecular weight is 935 g/mol. The van der Waals surface area contributed by atoms with Gasteiger partial charge in [-0.2, -0.15) is 0 Å². The third-order valence-corrected chi connectivity index (χ3v) is 9.90. The summed E-state index contributed by atoms with van der Waals surface area (Å²) in [5.74, 6) is -3.88. The largest absolute Gasteiger partial charge is 0.643 e. The van der Waals surface area contributed by atoms with E-state index in [0.29, 0.717) is 11.1 Å². The molecule has 4 unspecified atom stereocenters. The maximum Gasteiger partial charge on any atom is 0.643 e. The third-order valence-electron chi connectivity index (χ3n) is 4.32. The summed E-state index contributed by atoms with van der Waals surface area (Å²) in [5.41, 5.74) is 1.32. The fraction of sp³-hybridized carbons (Fsp3) is 0.333. The van der Waals surface area contributed by atoms with Crippen LogP contribution >= 0.6 is 129 Å². The fourth-order valence-electron chi connectivity index (χ4n) is 2.77. The van der Waals surface area contributed by atoms with E-state index in [2.05, 4.69) is 63.7 Å². The van der Waals surface area contributed by atoms with Gasteiger partial charge in [0.2, 0.25) is 5.24 Å². The van der Waals surface area contributed by atoms with E-state index in [0.717, 1.165) is 24.3 Å². The van der Waals surface area contributed by atoms with Crippen molar-refractivity contribution >= 4 is 151 Å². The van der Waals surface area contributed by atoms with Crippen molar-refractivity contribution in [3.05, 3.63) is 70.3 Å². The number of alkyl halides is 6. The molecule has 0 N–H and O–H groups in total. The molecule has 0 bridgehead atoms. The summed E-state index contributed by atoms with van der Waals surface area (Å²) in [7, 11) is 14.8. The van der Waals surface area contributed by atoms with E-state index in [1.807, 2.05) is 0 Å². The Kier molecular flexibility index (Phi) is 21.5. The Morgan fingerprint density at radius 1 is 0.947 bits per heavy atom. The van der Waals surface area contributed by atoms with Gasteiger partial charge in [-0.25, -0.2) is 47.7 Å². The Morgan fingerprint density at radius 2 is 1.42 bits per heavy atom. The third kappa shape index (κ3) is 14.7. The van der Waals surface area contributed by atoms with Crippen LogP contribution in [-0.2, 0) is 4.79 Å². The maximum atomic E-state index is 13.0. The molecule has 0 saturated heterocycles. The Labute approximate surface area is 282 Å². The number of carbonyl (C=O) groups excluding carboxylic acids is 2. The summed E-state index contributed by atoms with van der Waals surface area (Å²) < 4.78 is 51.6. The molecule has 0 aliphatic heterocycles. The van der Waals surface area contributed by atoms with Crippen molar-refractivity contribution in [1.29, 1.82) is 0 Å². The van der Waals surface area contributed by atoms with Crippen molar-refractivity contribution in [2.75, 3.05) is 5.34 Å². The Bertz CT molecular complexity index is 1070. The van der Waals surface area contributed by atoms with Gasteiger partial charge >= 0.3 is 11.4 Å². The molecule has 1 aliphatic rings. The Balaban J connectivity index is 0.000000580. The highest BCUT2D eigenvalue weighted by atomic mass is 79.9. The molecular formula is C21H15AlBr4Cl6F4O2. The van der Waals surface area contributed by atoms with E-state index in [-0.39, 0.29) is 48.8 Å². The van der Waals surface area contributed by atoms with E-state index < -0.39 is 39.9 Å². The molecule has 0 amide bonds. The molecule has 1 aliphatic carbocycles. The van der Waals surface area contributed by atoms with Gasteiger partial charge in [-0.1, -0.05) is 69.8 Å². The van der Waals surface area contributed by atoms with Crippen LogP contribution in [0.1, 0.15) is 44.0 Å². The van der Waals surface area contributed by atoms with Gasteiger partial charge in [0.1, 0.15) is 0 Å². The molecule has 17 heteroatoms. The molecule has 2 nitrogen and oxygen atoms in total. The molecule has 4 atom stereocenters. The first kappa shape index (κ1) is 39.7. The molecule has 0 aromatic heterocycles. The van der Waals surface area contributed by atoms with Crippen molar-refractivity contribution in [2.24, 2.45) is 0 Å². The van der Waals surface area contributed by atoms with Crippen LogP contribution < -0.4 is 0 Å². The second-order valence-electron chi connectivity index (χ2n) is 6.90. The van der Waals surface area contributed by atoms with Gasteiger partial charge in [0.25, 0.3) is 0 Å². The first-order valence-electron chi connectivity index (χ1n) is 9.83. The second kappa shape index (κ2) is 20.6.